The predicted molar refractivity (Wildman–Crippen MR) is 106 cm³/mol. The number of thiophene rings is 1. The Morgan fingerprint density at radius 2 is 1.86 bits per heavy atom. The van der Waals surface area contributed by atoms with Gasteiger partial charge in [0.1, 0.15) is 9.88 Å². The lowest BCUT2D eigenvalue weighted by Crippen LogP contribution is -2.15. The molecule has 8 nitrogen and oxygen atoms in total. The minimum Gasteiger partial charge on any atom is -0.462 e. The third-order valence-corrected chi connectivity index (χ3v) is 5.18. The maximum absolute atomic E-state index is 12.7. The van der Waals surface area contributed by atoms with E-state index >= 15 is 0 Å². The van der Waals surface area contributed by atoms with E-state index in [4.69, 9.17) is 9.47 Å². The van der Waals surface area contributed by atoms with Crippen molar-refractivity contribution in [3.05, 3.63) is 33.5 Å². The summed E-state index contributed by atoms with van der Waals surface area (Å²) in [4.78, 5) is 37.8. The van der Waals surface area contributed by atoms with Crippen LogP contribution in [0.5, 0.6) is 0 Å². The number of hydrogen-bond donors (Lipinski definition) is 1. The molecule has 2 aromatic heterocycles. The summed E-state index contributed by atoms with van der Waals surface area (Å²) in [6.45, 7) is 9.98. The Labute approximate surface area is 167 Å². The van der Waals surface area contributed by atoms with Gasteiger partial charge in [-0.3, -0.25) is 9.48 Å². The molecule has 0 unspecified atom stereocenters. The second-order valence-corrected chi connectivity index (χ2v) is 7.08. The van der Waals surface area contributed by atoms with Crippen molar-refractivity contribution in [2.24, 2.45) is 0 Å². The molecular weight excluding hydrogens is 382 g/mol. The lowest BCUT2D eigenvalue weighted by Gasteiger charge is -2.07. The molecule has 28 heavy (non-hydrogen) atoms. The molecule has 0 saturated carbocycles. The molecule has 0 saturated heterocycles. The number of esters is 2. The zero-order valence-electron chi connectivity index (χ0n) is 16.7. The number of rotatable bonds is 8. The van der Waals surface area contributed by atoms with Crippen molar-refractivity contribution in [2.45, 2.75) is 47.6 Å². The standard InChI is InChI=1S/C19H25N3O5S/c1-6-9-27-18(24)14-11(4)15(19(25)26-8-3)28-17(14)20-16(23)13-10-22(7-2)21-12(13)5/h10H,6-9H2,1-5H3,(H,20,23). The summed E-state index contributed by atoms with van der Waals surface area (Å²) in [6.07, 6.45) is 2.31. The van der Waals surface area contributed by atoms with Crippen LogP contribution in [0.4, 0.5) is 5.00 Å². The smallest absolute Gasteiger partial charge is 0.348 e. The number of amides is 1. The minimum absolute atomic E-state index is 0.176. The first-order chi connectivity index (χ1) is 13.3. The summed E-state index contributed by atoms with van der Waals surface area (Å²) in [5, 5.41) is 7.26. The van der Waals surface area contributed by atoms with Crippen LogP contribution in [-0.4, -0.2) is 40.8 Å². The fraction of sp³-hybridized carbons (Fsp3) is 0.474. The molecule has 0 bridgehead atoms. The van der Waals surface area contributed by atoms with E-state index < -0.39 is 17.8 Å². The number of aromatic nitrogens is 2. The van der Waals surface area contributed by atoms with Crippen LogP contribution in [0, 0.1) is 13.8 Å². The van der Waals surface area contributed by atoms with Gasteiger partial charge in [-0.15, -0.1) is 11.3 Å². The SMILES string of the molecule is CCCOC(=O)c1c(NC(=O)c2cn(CC)nc2C)sc(C(=O)OCC)c1C. The Bertz CT molecular complexity index is 885. The second-order valence-electron chi connectivity index (χ2n) is 6.05. The first-order valence-corrected chi connectivity index (χ1v) is 9.98. The highest BCUT2D eigenvalue weighted by Crippen LogP contribution is 2.34. The van der Waals surface area contributed by atoms with Crippen LogP contribution >= 0.6 is 11.3 Å². The van der Waals surface area contributed by atoms with Crippen molar-refractivity contribution in [3.8, 4) is 0 Å². The Hall–Kier alpha value is -2.68. The van der Waals surface area contributed by atoms with Gasteiger partial charge in [0.05, 0.1) is 30.0 Å². The minimum atomic E-state index is -0.581. The average Bonchev–Trinajstić information content (AvgIpc) is 3.19. The van der Waals surface area contributed by atoms with Gasteiger partial charge in [-0.25, -0.2) is 9.59 Å². The van der Waals surface area contributed by atoms with Crippen LogP contribution in [0.3, 0.4) is 0 Å². The molecule has 1 N–H and O–H groups in total. The zero-order valence-corrected chi connectivity index (χ0v) is 17.6. The summed E-state index contributed by atoms with van der Waals surface area (Å²) in [6, 6.07) is 0. The predicted octanol–water partition coefficient (Wildman–Crippen LogP) is 3.58. The number of nitrogens with zero attached hydrogens (tertiary/aromatic N) is 2. The highest BCUT2D eigenvalue weighted by Gasteiger charge is 2.28. The fourth-order valence-corrected chi connectivity index (χ4v) is 3.66. The molecule has 0 radical (unpaired) electrons. The van der Waals surface area contributed by atoms with Crippen LogP contribution < -0.4 is 5.32 Å². The summed E-state index contributed by atoms with van der Waals surface area (Å²) < 4.78 is 11.9. The van der Waals surface area contributed by atoms with Gasteiger partial charge < -0.3 is 14.8 Å². The van der Waals surface area contributed by atoms with Gasteiger partial charge in [0.15, 0.2) is 0 Å². The molecule has 152 valence electrons. The second kappa shape index (κ2) is 9.50. The third kappa shape index (κ3) is 4.59. The van der Waals surface area contributed by atoms with E-state index in [0.29, 0.717) is 29.8 Å². The summed E-state index contributed by atoms with van der Waals surface area (Å²) in [5.41, 5.74) is 1.59. The van der Waals surface area contributed by atoms with Crippen LogP contribution in [0.25, 0.3) is 0 Å². The Morgan fingerprint density at radius 1 is 1.14 bits per heavy atom. The van der Waals surface area contributed by atoms with E-state index in [0.717, 1.165) is 11.3 Å². The number of carbonyl (C=O) groups is 3. The van der Waals surface area contributed by atoms with Crippen molar-refractivity contribution in [3.63, 3.8) is 0 Å². The van der Waals surface area contributed by atoms with Gasteiger partial charge in [0.2, 0.25) is 0 Å². The van der Waals surface area contributed by atoms with Crippen LogP contribution in [0.2, 0.25) is 0 Å². The van der Waals surface area contributed by atoms with E-state index in [1.54, 1.807) is 31.6 Å². The normalized spacial score (nSPS) is 10.6. The zero-order chi connectivity index (χ0) is 20.8. The monoisotopic (exact) mass is 407 g/mol. The molecule has 0 atom stereocenters. The molecule has 9 heteroatoms. The van der Waals surface area contributed by atoms with Crippen molar-refractivity contribution < 1.29 is 23.9 Å². The number of hydrogen-bond acceptors (Lipinski definition) is 7. The molecule has 0 aliphatic carbocycles. The van der Waals surface area contributed by atoms with Gasteiger partial charge in [0.25, 0.3) is 5.91 Å². The lowest BCUT2D eigenvalue weighted by molar-refractivity contribution is 0.0506. The van der Waals surface area contributed by atoms with Crippen LogP contribution in [0.1, 0.15) is 68.8 Å². The Morgan fingerprint density at radius 3 is 2.43 bits per heavy atom. The largest absolute Gasteiger partial charge is 0.462 e. The molecule has 0 aromatic carbocycles. The lowest BCUT2D eigenvalue weighted by atomic mass is 10.1. The quantitative estimate of drug-likeness (QED) is 0.672. The van der Waals surface area contributed by atoms with E-state index in [-0.39, 0.29) is 28.7 Å². The highest BCUT2D eigenvalue weighted by molar-refractivity contribution is 7.18. The Kier molecular flexibility index (Phi) is 7.33. The maximum atomic E-state index is 12.7. The molecule has 0 aliphatic heterocycles. The van der Waals surface area contributed by atoms with Gasteiger partial charge in [-0.05, 0) is 39.7 Å². The molecular formula is C19H25N3O5S. The van der Waals surface area contributed by atoms with Gasteiger partial charge in [-0.1, -0.05) is 6.92 Å². The van der Waals surface area contributed by atoms with Crippen molar-refractivity contribution in [2.75, 3.05) is 18.5 Å². The first-order valence-electron chi connectivity index (χ1n) is 9.16. The van der Waals surface area contributed by atoms with Gasteiger partial charge in [0, 0.05) is 12.7 Å². The average molecular weight is 407 g/mol. The molecule has 0 fully saturated rings. The number of ether oxygens (including phenoxy) is 2. The number of nitrogens with one attached hydrogen (secondary N) is 1. The van der Waals surface area contributed by atoms with Crippen molar-refractivity contribution in [1.29, 1.82) is 0 Å². The van der Waals surface area contributed by atoms with E-state index in [9.17, 15) is 14.4 Å². The van der Waals surface area contributed by atoms with E-state index in [2.05, 4.69) is 10.4 Å². The summed E-state index contributed by atoms with van der Waals surface area (Å²) in [7, 11) is 0. The number of anilines is 1. The van der Waals surface area contributed by atoms with Crippen LogP contribution in [0.15, 0.2) is 6.20 Å². The fourth-order valence-electron chi connectivity index (χ4n) is 2.58. The number of carbonyl (C=O) groups excluding carboxylic acids is 3. The molecule has 0 aliphatic rings. The Balaban J connectivity index is 2.41. The number of aryl methyl sites for hydroxylation is 2. The summed E-state index contributed by atoms with van der Waals surface area (Å²) in [5.74, 6) is -1.52. The van der Waals surface area contributed by atoms with Gasteiger partial charge in [-0.2, -0.15) is 5.10 Å². The maximum Gasteiger partial charge on any atom is 0.348 e. The van der Waals surface area contributed by atoms with Crippen LogP contribution in [-0.2, 0) is 16.0 Å². The van der Waals surface area contributed by atoms with Crippen molar-refractivity contribution in [1.82, 2.24) is 9.78 Å². The highest BCUT2D eigenvalue weighted by atomic mass is 32.1. The third-order valence-electron chi connectivity index (χ3n) is 3.99. The van der Waals surface area contributed by atoms with E-state index in [1.165, 1.54) is 0 Å². The summed E-state index contributed by atoms with van der Waals surface area (Å²) >= 11 is 1.00. The molecule has 2 rings (SSSR count). The topological polar surface area (TPSA) is 99.5 Å². The molecule has 0 spiro atoms. The first kappa shape index (κ1) is 21.6. The van der Waals surface area contributed by atoms with Gasteiger partial charge >= 0.3 is 11.9 Å². The molecule has 1 amide bonds. The van der Waals surface area contributed by atoms with Crippen molar-refractivity contribution >= 4 is 34.2 Å². The van der Waals surface area contributed by atoms with E-state index in [1.807, 2.05) is 13.8 Å². The molecule has 2 aromatic rings. The molecule has 2 heterocycles.